The summed E-state index contributed by atoms with van der Waals surface area (Å²) in [7, 11) is 0. The smallest absolute Gasteiger partial charge is 0.0871 e. The van der Waals surface area contributed by atoms with Crippen molar-refractivity contribution < 1.29 is 0 Å². The van der Waals surface area contributed by atoms with Crippen LogP contribution < -0.4 is 5.32 Å². The van der Waals surface area contributed by atoms with Gasteiger partial charge in [-0.15, -0.1) is 0 Å². The molecule has 0 atom stereocenters. The largest absolute Gasteiger partial charge is 0.354 e. The maximum atomic E-state index is 4.74. The molecule has 0 saturated carbocycles. The predicted octanol–water partition coefficient (Wildman–Crippen LogP) is 3.73. The lowest BCUT2D eigenvalue weighted by Crippen LogP contribution is -2.15. The Kier molecular flexibility index (Phi) is 3.07. The minimum Gasteiger partial charge on any atom is -0.354 e. The summed E-state index contributed by atoms with van der Waals surface area (Å²) in [5, 5.41) is 3.42. The molecule has 4 aliphatic heterocycles. The Morgan fingerprint density at radius 1 is 0.760 bits per heavy atom. The SMILES string of the molecule is C1=CC2=CC3=NC(=CC4=NC(=Cc5cccc(n5)C(=C1)N2)C=C4)C=C3. The summed E-state index contributed by atoms with van der Waals surface area (Å²) in [4.78, 5) is 14.0. The molecule has 5 rings (SSSR count). The first-order valence-electron chi connectivity index (χ1n) is 8.13. The fourth-order valence-corrected chi connectivity index (χ4v) is 2.97. The quantitative estimate of drug-likeness (QED) is 0.791. The number of hydrogen-bond donors (Lipinski definition) is 1. The molecule has 4 heteroatoms. The maximum absolute atomic E-state index is 4.74. The highest BCUT2D eigenvalue weighted by atomic mass is 14.9. The minimum absolute atomic E-state index is 0.882. The van der Waals surface area contributed by atoms with Crippen LogP contribution in [0.5, 0.6) is 0 Å². The first-order chi connectivity index (χ1) is 12.3. The number of aliphatic imine (C=N–C) groups is 2. The number of dihydropyridines is 1. The number of hydrogen-bond acceptors (Lipinski definition) is 4. The monoisotopic (exact) mass is 322 g/mol. The molecule has 25 heavy (non-hydrogen) atoms. The van der Waals surface area contributed by atoms with Crippen molar-refractivity contribution in [3.63, 3.8) is 0 Å². The lowest BCUT2D eigenvalue weighted by molar-refractivity contribution is 1.09. The van der Waals surface area contributed by atoms with Gasteiger partial charge in [0, 0.05) is 5.70 Å². The lowest BCUT2D eigenvalue weighted by atomic mass is 10.1. The van der Waals surface area contributed by atoms with Gasteiger partial charge in [-0.2, -0.15) is 0 Å². The van der Waals surface area contributed by atoms with Gasteiger partial charge in [-0.25, -0.2) is 15.0 Å². The molecule has 0 radical (unpaired) electrons. The number of pyridine rings is 1. The topological polar surface area (TPSA) is 49.6 Å². The van der Waals surface area contributed by atoms with E-state index in [2.05, 4.69) is 15.3 Å². The van der Waals surface area contributed by atoms with E-state index in [0.717, 1.165) is 45.6 Å². The molecule has 1 aromatic rings. The normalized spacial score (nSPS) is 19.7. The zero-order chi connectivity index (χ0) is 16.6. The molecule has 4 nitrogen and oxygen atoms in total. The highest BCUT2D eigenvalue weighted by molar-refractivity contribution is 6.11. The van der Waals surface area contributed by atoms with E-state index in [1.807, 2.05) is 79.0 Å². The van der Waals surface area contributed by atoms with Crippen LogP contribution in [0.1, 0.15) is 11.4 Å². The van der Waals surface area contributed by atoms with Crippen molar-refractivity contribution in [3.05, 3.63) is 101 Å². The van der Waals surface area contributed by atoms with Gasteiger partial charge in [-0.3, -0.25) is 0 Å². The van der Waals surface area contributed by atoms with E-state index in [1.165, 1.54) is 0 Å². The van der Waals surface area contributed by atoms with Gasteiger partial charge >= 0.3 is 0 Å². The number of allylic oxidation sites excluding steroid dienone is 9. The zero-order valence-corrected chi connectivity index (χ0v) is 13.3. The Labute approximate surface area is 145 Å². The highest BCUT2D eigenvalue weighted by Crippen LogP contribution is 2.21. The molecule has 0 fully saturated rings. The molecule has 0 unspecified atom stereocenters. The van der Waals surface area contributed by atoms with Crippen LogP contribution >= 0.6 is 0 Å². The molecule has 8 bridgehead atoms. The second-order valence-corrected chi connectivity index (χ2v) is 5.99. The molecule has 4 aliphatic rings. The van der Waals surface area contributed by atoms with Gasteiger partial charge in [0.25, 0.3) is 0 Å². The van der Waals surface area contributed by atoms with Crippen LogP contribution in [0.25, 0.3) is 11.8 Å². The average Bonchev–Trinajstić information content (AvgIpc) is 3.25. The molecule has 0 spiro atoms. The third-order valence-electron chi connectivity index (χ3n) is 4.13. The molecule has 0 saturated heterocycles. The van der Waals surface area contributed by atoms with Gasteiger partial charge in [-0.1, -0.05) is 12.1 Å². The maximum Gasteiger partial charge on any atom is 0.0871 e. The summed E-state index contributed by atoms with van der Waals surface area (Å²) < 4.78 is 0. The van der Waals surface area contributed by atoms with Crippen LogP contribution in [-0.4, -0.2) is 16.4 Å². The summed E-state index contributed by atoms with van der Waals surface area (Å²) >= 11 is 0. The van der Waals surface area contributed by atoms with Crippen LogP contribution in [-0.2, 0) is 0 Å². The zero-order valence-electron chi connectivity index (χ0n) is 13.3. The van der Waals surface area contributed by atoms with E-state index in [9.17, 15) is 0 Å². The summed E-state index contributed by atoms with van der Waals surface area (Å²) in [5.74, 6) is 0. The van der Waals surface area contributed by atoms with Gasteiger partial charge in [0.05, 0.1) is 39.9 Å². The first-order valence-corrected chi connectivity index (χ1v) is 8.13. The van der Waals surface area contributed by atoms with Crippen molar-refractivity contribution in [2.75, 3.05) is 0 Å². The van der Waals surface area contributed by atoms with Crippen LogP contribution in [0, 0.1) is 0 Å². The second kappa shape index (κ2) is 5.53. The fourth-order valence-electron chi connectivity index (χ4n) is 2.97. The van der Waals surface area contributed by atoms with Gasteiger partial charge < -0.3 is 5.32 Å². The summed E-state index contributed by atoms with van der Waals surface area (Å²) in [6, 6.07) is 6.00. The minimum atomic E-state index is 0.882. The third-order valence-corrected chi connectivity index (χ3v) is 4.13. The third kappa shape index (κ3) is 2.74. The van der Waals surface area contributed by atoms with Crippen LogP contribution in [0.4, 0.5) is 0 Å². The average molecular weight is 322 g/mol. The van der Waals surface area contributed by atoms with Crippen LogP contribution in [0.15, 0.2) is 100.0 Å². The molecule has 5 heterocycles. The van der Waals surface area contributed by atoms with E-state index in [1.54, 1.807) is 0 Å². The van der Waals surface area contributed by atoms with Crippen molar-refractivity contribution >= 4 is 23.2 Å². The summed E-state index contributed by atoms with van der Waals surface area (Å²) in [6.45, 7) is 0. The van der Waals surface area contributed by atoms with E-state index >= 15 is 0 Å². The Morgan fingerprint density at radius 3 is 2.44 bits per heavy atom. The lowest BCUT2D eigenvalue weighted by Gasteiger charge is -2.15. The molecule has 1 N–H and O–H groups in total. The van der Waals surface area contributed by atoms with Gasteiger partial charge in [0.15, 0.2) is 0 Å². The Hall–Kier alpha value is -3.53. The first kappa shape index (κ1) is 13.9. The molecular formula is C21H14N4. The highest BCUT2D eigenvalue weighted by Gasteiger charge is 2.11. The second-order valence-electron chi connectivity index (χ2n) is 5.99. The standard InChI is InChI=1S/C21H14N4/c1-3-14-11-16-7-9-18(22-16)13-19-10-8-17(23-19)12-15-4-2-6-21(25-15)20(5-1)24-14/h1-13,24H. The van der Waals surface area contributed by atoms with E-state index < -0.39 is 0 Å². The van der Waals surface area contributed by atoms with Gasteiger partial charge in [0.1, 0.15) is 0 Å². The molecule has 1 aromatic heterocycles. The van der Waals surface area contributed by atoms with E-state index in [-0.39, 0.29) is 0 Å². The number of rotatable bonds is 0. The van der Waals surface area contributed by atoms with Crippen molar-refractivity contribution in [2.24, 2.45) is 9.98 Å². The predicted molar refractivity (Wildman–Crippen MR) is 102 cm³/mol. The van der Waals surface area contributed by atoms with E-state index in [0.29, 0.717) is 0 Å². The molecule has 0 aromatic carbocycles. The fraction of sp³-hybridized carbons (Fsp3) is 0. The van der Waals surface area contributed by atoms with Crippen molar-refractivity contribution in [1.29, 1.82) is 0 Å². The van der Waals surface area contributed by atoms with Gasteiger partial charge in [-0.05, 0) is 66.8 Å². The number of nitrogens with zero attached hydrogens (tertiary/aromatic N) is 3. The van der Waals surface area contributed by atoms with Crippen molar-refractivity contribution in [3.8, 4) is 0 Å². The van der Waals surface area contributed by atoms with Crippen molar-refractivity contribution in [2.45, 2.75) is 0 Å². The Balaban J connectivity index is 1.69. The summed E-state index contributed by atoms with van der Waals surface area (Å²) in [5.41, 5.74) is 7.34. The van der Waals surface area contributed by atoms with Crippen LogP contribution in [0.3, 0.4) is 0 Å². The van der Waals surface area contributed by atoms with E-state index in [4.69, 9.17) is 4.98 Å². The Morgan fingerprint density at radius 2 is 1.56 bits per heavy atom. The molecule has 118 valence electrons. The summed E-state index contributed by atoms with van der Waals surface area (Å²) in [6.07, 6.45) is 20.1. The molecule has 0 aliphatic carbocycles. The molecule has 0 amide bonds. The number of nitrogens with one attached hydrogen (secondary N) is 1. The van der Waals surface area contributed by atoms with Gasteiger partial charge in [0.2, 0.25) is 0 Å². The number of fused-ring (bicyclic) bond motifs is 7. The van der Waals surface area contributed by atoms with Crippen LogP contribution in [0.2, 0.25) is 0 Å². The Bertz CT molecular complexity index is 1050. The molecular weight excluding hydrogens is 308 g/mol. The van der Waals surface area contributed by atoms with Crippen molar-refractivity contribution in [1.82, 2.24) is 10.3 Å². The number of aromatic nitrogens is 1.